The van der Waals surface area contributed by atoms with Crippen molar-refractivity contribution in [1.29, 1.82) is 0 Å². The molecule has 3 nitrogen and oxygen atoms in total. The molecule has 0 aliphatic carbocycles. The van der Waals surface area contributed by atoms with Crippen LogP contribution >= 0.6 is 31.9 Å². The summed E-state index contributed by atoms with van der Waals surface area (Å²) in [7, 11) is 0. The third-order valence-corrected chi connectivity index (χ3v) is 3.21. The third-order valence-electron chi connectivity index (χ3n) is 2.02. The van der Waals surface area contributed by atoms with Crippen LogP contribution in [0.1, 0.15) is 23.7 Å². The maximum atomic E-state index is 11.8. The highest BCUT2D eigenvalue weighted by Crippen LogP contribution is 2.21. The summed E-state index contributed by atoms with van der Waals surface area (Å²) in [5.74, 6) is -0.145. The second-order valence-electron chi connectivity index (χ2n) is 3.52. The van der Waals surface area contributed by atoms with Crippen molar-refractivity contribution in [3.05, 3.63) is 32.7 Å². The van der Waals surface area contributed by atoms with Crippen molar-refractivity contribution in [3.8, 4) is 0 Å². The normalized spacial score (nSPS) is 12.2. The number of benzene rings is 1. The van der Waals surface area contributed by atoms with Crippen molar-refractivity contribution in [2.45, 2.75) is 19.4 Å². The quantitative estimate of drug-likeness (QED) is 0.877. The Bertz CT molecular complexity index is 380. The molecule has 0 saturated carbocycles. The molecule has 0 bridgehead atoms. The number of carbonyl (C=O) groups is 1. The van der Waals surface area contributed by atoms with Crippen LogP contribution in [0.25, 0.3) is 0 Å². The van der Waals surface area contributed by atoms with Crippen LogP contribution in [-0.4, -0.2) is 23.7 Å². The molecule has 0 fully saturated rings. The van der Waals surface area contributed by atoms with Gasteiger partial charge in [-0.05, 0) is 47.5 Å². The summed E-state index contributed by atoms with van der Waals surface area (Å²) >= 11 is 6.64. The molecule has 0 heterocycles. The summed E-state index contributed by atoms with van der Waals surface area (Å²) in [5.41, 5.74) is 0.583. The second-order valence-corrected chi connectivity index (χ2v) is 5.29. The molecule has 88 valence electrons. The highest BCUT2D eigenvalue weighted by molar-refractivity contribution is 9.11. The van der Waals surface area contributed by atoms with Gasteiger partial charge in [0.2, 0.25) is 0 Å². The fourth-order valence-electron chi connectivity index (χ4n) is 1.16. The zero-order valence-corrected chi connectivity index (χ0v) is 12.0. The number of aliphatic hydroxyl groups is 1. The molecular formula is C11H13Br2NO2. The number of aliphatic hydroxyl groups excluding tert-OH is 1. The zero-order valence-electron chi connectivity index (χ0n) is 8.84. The molecular weight excluding hydrogens is 338 g/mol. The Labute approximate surface area is 111 Å². The summed E-state index contributed by atoms with van der Waals surface area (Å²) in [4.78, 5) is 11.8. The fourth-order valence-corrected chi connectivity index (χ4v) is 1.95. The molecule has 1 aromatic rings. The van der Waals surface area contributed by atoms with E-state index < -0.39 is 6.10 Å². The minimum absolute atomic E-state index is 0.145. The third kappa shape index (κ3) is 4.23. The second kappa shape index (κ2) is 6.37. The largest absolute Gasteiger partial charge is 0.393 e. The first-order valence-electron chi connectivity index (χ1n) is 4.92. The zero-order chi connectivity index (χ0) is 12.1. The predicted octanol–water partition coefficient (Wildman–Crippen LogP) is 2.71. The number of hydrogen-bond acceptors (Lipinski definition) is 2. The molecule has 1 unspecified atom stereocenters. The molecule has 0 spiro atoms. The average Bonchev–Trinajstić information content (AvgIpc) is 2.21. The standard InChI is InChI=1S/C11H13Br2NO2/c1-7(15)4-5-14-11(16)9-6-8(12)2-3-10(9)13/h2-3,6-7,15H,4-5H2,1H3,(H,14,16). The highest BCUT2D eigenvalue weighted by Gasteiger charge is 2.10. The molecule has 5 heteroatoms. The van der Waals surface area contributed by atoms with E-state index in [1.807, 2.05) is 12.1 Å². The van der Waals surface area contributed by atoms with Gasteiger partial charge in [0.05, 0.1) is 11.7 Å². The molecule has 0 aliphatic heterocycles. The number of hydrogen-bond donors (Lipinski definition) is 2. The molecule has 16 heavy (non-hydrogen) atoms. The Morgan fingerprint density at radius 1 is 1.50 bits per heavy atom. The van der Waals surface area contributed by atoms with Crippen molar-refractivity contribution < 1.29 is 9.90 Å². The van der Waals surface area contributed by atoms with E-state index in [1.165, 1.54) is 0 Å². The maximum Gasteiger partial charge on any atom is 0.252 e. The average molecular weight is 351 g/mol. The van der Waals surface area contributed by atoms with Gasteiger partial charge in [0.1, 0.15) is 0 Å². The van der Waals surface area contributed by atoms with Gasteiger partial charge in [0.25, 0.3) is 5.91 Å². The van der Waals surface area contributed by atoms with E-state index in [2.05, 4.69) is 37.2 Å². The number of amides is 1. The van der Waals surface area contributed by atoms with Crippen LogP contribution < -0.4 is 5.32 Å². The molecule has 0 saturated heterocycles. The highest BCUT2D eigenvalue weighted by atomic mass is 79.9. The van der Waals surface area contributed by atoms with E-state index in [0.29, 0.717) is 18.5 Å². The van der Waals surface area contributed by atoms with E-state index in [-0.39, 0.29) is 5.91 Å². The first-order valence-corrected chi connectivity index (χ1v) is 6.50. The van der Waals surface area contributed by atoms with Gasteiger partial charge in [-0.2, -0.15) is 0 Å². The lowest BCUT2D eigenvalue weighted by Crippen LogP contribution is -2.26. The summed E-state index contributed by atoms with van der Waals surface area (Å²) in [6, 6.07) is 5.42. The number of nitrogens with one attached hydrogen (secondary N) is 1. The smallest absolute Gasteiger partial charge is 0.252 e. The lowest BCUT2D eigenvalue weighted by Gasteiger charge is -2.08. The molecule has 0 aromatic heterocycles. The van der Waals surface area contributed by atoms with E-state index in [0.717, 1.165) is 8.95 Å². The Morgan fingerprint density at radius 2 is 2.19 bits per heavy atom. The van der Waals surface area contributed by atoms with Crippen LogP contribution in [0.5, 0.6) is 0 Å². The lowest BCUT2D eigenvalue weighted by atomic mass is 10.2. The maximum absolute atomic E-state index is 11.8. The van der Waals surface area contributed by atoms with Crippen molar-refractivity contribution in [2.75, 3.05) is 6.54 Å². The van der Waals surface area contributed by atoms with E-state index in [9.17, 15) is 4.79 Å². The molecule has 1 aromatic carbocycles. The summed E-state index contributed by atoms with van der Waals surface area (Å²) in [5, 5.41) is 11.8. The summed E-state index contributed by atoms with van der Waals surface area (Å²) in [6.45, 7) is 2.16. The van der Waals surface area contributed by atoms with Crippen LogP contribution in [0.2, 0.25) is 0 Å². The van der Waals surface area contributed by atoms with Gasteiger partial charge in [-0.1, -0.05) is 15.9 Å². The van der Waals surface area contributed by atoms with Crippen molar-refractivity contribution >= 4 is 37.8 Å². The van der Waals surface area contributed by atoms with Crippen LogP contribution in [0.4, 0.5) is 0 Å². The van der Waals surface area contributed by atoms with Gasteiger partial charge in [0, 0.05) is 15.5 Å². The molecule has 1 amide bonds. The van der Waals surface area contributed by atoms with Gasteiger partial charge < -0.3 is 10.4 Å². The lowest BCUT2D eigenvalue weighted by molar-refractivity contribution is 0.0945. The van der Waals surface area contributed by atoms with Crippen molar-refractivity contribution in [2.24, 2.45) is 0 Å². The van der Waals surface area contributed by atoms with Crippen LogP contribution in [0, 0.1) is 0 Å². The first-order chi connectivity index (χ1) is 7.50. The van der Waals surface area contributed by atoms with Crippen molar-refractivity contribution in [1.82, 2.24) is 5.32 Å². The van der Waals surface area contributed by atoms with Gasteiger partial charge in [-0.3, -0.25) is 4.79 Å². The molecule has 0 radical (unpaired) electrons. The molecule has 1 atom stereocenters. The molecule has 1 rings (SSSR count). The van der Waals surface area contributed by atoms with Gasteiger partial charge in [-0.15, -0.1) is 0 Å². The topological polar surface area (TPSA) is 49.3 Å². The summed E-state index contributed by atoms with van der Waals surface area (Å²) in [6.07, 6.45) is 0.156. The Morgan fingerprint density at radius 3 is 2.81 bits per heavy atom. The minimum Gasteiger partial charge on any atom is -0.393 e. The van der Waals surface area contributed by atoms with E-state index in [4.69, 9.17) is 5.11 Å². The summed E-state index contributed by atoms with van der Waals surface area (Å²) < 4.78 is 1.61. The Balaban J connectivity index is 2.62. The minimum atomic E-state index is -0.397. The van der Waals surface area contributed by atoms with E-state index in [1.54, 1.807) is 13.0 Å². The monoisotopic (exact) mass is 349 g/mol. The Kier molecular flexibility index (Phi) is 5.44. The number of carbonyl (C=O) groups excluding carboxylic acids is 1. The van der Waals surface area contributed by atoms with Crippen LogP contribution in [0.3, 0.4) is 0 Å². The Hall–Kier alpha value is -0.390. The number of halogens is 2. The van der Waals surface area contributed by atoms with Gasteiger partial charge in [-0.25, -0.2) is 0 Å². The van der Waals surface area contributed by atoms with Crippen molar-refractivity contribution in [3.63, 3.8) is 0 Å². The first kappa shape index (κ1) is 13.7. The SMILES string of the molecule is CC(O)CCNC(=O)c1cc(Br)ccc1Br. The van der Waals surface area contributed by atoms with Crippen LogP contribution in [-0.2, 0) is 0 Å². The number of rotatable bonds is 4. The molecule has 0 aliphatic rings. The molecule has 2 N–H and O–H groups in total. The fraction of sp³-hybridized carbons (Fsp3) is 0.364. The van der Waals surface area contributed by atoms with Crippen LogP contribution in [0.15, 0.2) is 27.1 Å². The van der Waals surface area contributed by atoms with Gasteiger partial charge in [0.15, 0.2) is 0 Å². The predicted molar refractivity (Wildman–Crippen MR) is 70.5 cm³/mol. The van der Waals surface area contributed by atoms with E-state index >= 15 is 0 Å². The van der Waals surface area contributed by atoms with Gasteiger partial charge >= 0.3 is 0 Å².